The van der Waals surface area contributed by atoms with Gasteiger partial charge in [-0.25, -0.2) is 78.5 Å². The Balaban J connectivity index is 0.000000121. The summed E-state index contributed by atoms with van der Waals surface area (Å²) in [5.74, 6) is 4.89. The van der Waals surface area contributed by atoms with Crippen LogP contribution >= 0.6 is 0 Å². The van der Waals surface area contributed by atoms with Gasteiger partial charge in [0.05, 0.1) is 123 Å². The highest BCUT2D eigenvalue weighted by Crippen LogP contribution is 2.40. The van der Waals surface area contributed by atoms with Gasteiger partial charge in [-0.05, 0) is 246 Å². The molecule has 18 aromatic rings. The van der Waals surface area contributed by atoms with Crippen LogP contribution in [-0.4, -0.2) is 194 Å². The molecule has 150 heavy (non-hydrogen) atoms. The molecule has 8 aromatic heterocycles. The summed E-state index contributed by atoms with van der Waals surface area (Å²) < 4.78 is 24.0. The van der Waals surface area contributed by atoms with Gasteiger partial charge in [-0.1, -0.05) is 78.9 Å². The van der Waals surface area contributed by atoms with E-state index >= 15 is 0 Å². The Morgan fingerprint density at radius 3 is 1.03 bits per heavy atom. The Morgan fingerprint density at radius 1 is 0.333 bits per heavy atom. The molecule has 0 unspecified atom stereocenters. The van der Waals surface area contributed by atoms with Crippen LogP contribution in [0.2, 0.25) is 0 Å². The summed E-state index contributed by atoms with van der Waals surface area (Å²) in [6.07, 6.45) is 19.3. The molecule has 5 aliphatic heterocycles. The first-order valence-corrected chi connectivity index (χ1v) is 49.6. The van der Waals surface area contributed by atoms with Crippen LogP contribution in [0, 0.1) is 73.0 Å². The van der Waals surface area contributed by atoms with Gasteiger partial charge in [0.15, 0.2) is 5.79 Å². The number of aryl methyl sites for hydroxylation is 4. The predicted molar refractivity (Wildman–Crippen MR) is 573 cm³/mol. The number of nitriles is 4. The lowest BCUT2D eigenvalue weighted by Crippen LogP contribution is -2.46. The normalized spacial score (nSPS) is 14.6. The van der Waals surface area contributed by atoms with Crippen molar-refractivity contribution in [2.24, 2.45) is 0 Å². The van der Waals surface area contributed by atoms with Crippen molar-refractivity contribution in [2.75, 3.05) is 120 Å². The van der Waals surface area contributed by atoms with Crippen LogP contribution in [0.1, 0.15) is 101 Å². The summed E-state index contributed by atoms with van der Waals surface area (Å²) in [5.41, 5.74) is 21.4. The van der Waals surface area contributed by atoms with E-state index in [9.17, 15) is 26.2 Å². The highest BCUT2D eigenvalue weighted by molar-refractivity contribution is 5.77. The monoisotopic (exact) mass is 1990 g/mol. The van der Waals surface area contributed by atoms with Crippen molar-refractivity contribution in [1.29, 1.82) is 21.0 Å². The van der Waals surface area contributed by atoms with Crippen LogP contribution in [-0.2, 0) is 20.6 Å². The summed E-state index contributed by atoms with van der Waals surface area (Å²) in [6.45, 7) is 16.6. The van der Waals surface area contributed by atoms with Crippen LogP contribution in [0.25, 0.3) is 67.8 Å². The first-order chi connectivity index (χ1) is 73.4. The first-order valence-electron chi connectivity index (χ1n) is 49.6. The summed E-state index contributed by atoms with van der Waals surface area (Å²) in [4.78, 5) is 61.9. The smallest absolute Gasteiger partial charge is 0.227 e. The molecular weight excluding hydrogens is 1880 g/mol. The van der Waals surface area contributed by atoms with E-state index in [0.29, 0.717) is 122 Å². The zero-order chi connectivity index (χ0) is 103. The van der Waals surface area contributed by atoms with Gasteiger partial charge in [-0.15, -0.1) is 0 Å². The third-order valence-corrected chi connectivity index (χ3v) is 26.8. The number of aliphatic hydroxyl groups is 1. The summed E-state index contributed by atoms with van der Waals surface area (Å²) in [7, 11) is 0. The highest BCUT2D eigenvalue weighted by atomic mass is 16.7. The SMILES string of the molecule is Cc1ncn(-c2ccc(Nc3nccc(-c4cc(N5CCOCC5)ccc4C#N)n3)cc2)n1.Cc1ncn(-c2ccc(Nc3nccc(-c4ccc(N5CCC(O)(Cc6ccccc6)CC5)c(C#N)c4)n3)cc2)n1.Cc1ncn(-c2ccc(Nc3nccc(-c4ccc(N5CCC(c6ccccc6)CC5)c(C#N)c4)n3)cc2)n1.Cc1ncn(-c2ccc(Nc3nccc(-c4ccc(N5CCC6(CC5)OCCO6)c(C#N)c4)n3)cc2)n1. The Labute approximate surface area is 866 Å². The average molecular weight is 1990 g/mol. The molecule has 0 saturated carbocycles. The van der Waals surface area contributed by atoms with Crippen LogP contribution in [0.4, 0.5) is 69.3 Å². The molecule has 36 heteroatoms. The maximum atomic E-state index is 11.2. The van der Waals surface area contributed by atoms with Crippen LogP contribution in [0.3, 0.4) is 0 Å². The minimum absolute atomic E-state index is 0.441. The topological polar surface area (TPSA) is 430 Å². The van der Waals surface area contributed by atoms with Crippen molar-refractivity contribution in [3.63, 3.8) is 0 Å². The number of ether oxygens (including phenoxy) is 3. The van der Waals surface area contributed by atoms with E-state index in [0.717, 1.165) is 196 Å². The molecule has 0 atom stereocenters. The van der Waals surface area contributed by atoms with Gasteiger partial charge in [-0.2, -0.15) is 41.4 Å². The molecule has 5 N–H and O–H groups in total. The second-order valence-electron chi connectivity index (χ2n) is 36.8. The number of rotatable bonds is 23. The molecule has 10 aromatic carbocycles. The standard InChI is InChI=1S/C32H30N8O.C31H28N8.C27H26N8O2.C24H22N8O/c1-23-35-22-40(38-23)28-10-8-27(9-11-28)36-31-34-16-13-29(37-31)25-7-12-30(26(19-25)21-33)39-17-14-32(41,15-18-39)20-24-5-3-2-4-6-24;1-22-34-21-39(37-22)28-10-8-27(9-11-28)35-31-33-16-13-29(36-31)25-7-12-30(26(19-25)20-32)38-17-14-24(15-18-38)23-5-3-2-4-6-23;1-19-30-18-35(33-19)23-5-3-22(4-6-23)31-26-29-11-8-24(32-26)20-2-7-25(21(16-20)17-28)34-12-9-27(10-13-34)36-14-15-37-27;1-17-27-16-32(30-17)20-6-3-19(4-7-20)28-24-26-9-8-23(29-24)22-14-21(5-2-18(22)15-25)31-10-12-33-13-11-31/h2-13,16,19,22,41H,14-15,17-18,20H2,1H3,(H,34,36,37);2-13,16,19,21,24H,14-15,17-18H2,1H3,(H,33,35,36);2-8,11,16,18H,9-10,12-15H2,1H3,(H,29,31,32);2-9,14,16H,10-13H2,1H3,(H,26,28,29). The Kier molecular flexibility index (Phi) is 30.1. The van der Waals surface area contributed by atoms with Crippen molar-refractivity contribution >= 4 is 69.3 Å². The molecule has 0 aliphatic carbocycles. The number of benzene rings is 10. The number of morpholine rings is 1. The van der Waals surface area contributed by atoms with Gasteiger partial charge in [0.25, 0.3) is 0 Å². The molecule has 5 fully saturated rings. The lowest BCUT2D eigenvalue weighted by molar-refractivity contribution is -0.169. The van der Waals surface area contributed by atoms with Crippen molar-refractivity contribution in [1.82, 2.24) is 98.9 Å². The molecule has 746 valence electrons. The van der Waals surface area contributed by atoms with E-state index in [-0.39, 0.29) is 0 Å². The molecule has 1 spiro atoms. The number of nitrogens with zero attached hydrogens (tertiary/aromatic N) is 28. The lowest BCUT2D eigenvalue weighted by Gasteiger charge is -2.39. The maximum Gasteiger partial charge on any atom is 0.227 e. The van der Waals surface area contributed by atoms with E-state index in [4.69, 9.17) is 24.2 Å². The highest BCUT2D eigenvalue weighted by Gasteiger charge is 2.41. The number of anilines is 12. The molecule has 5 aliphatic rings. The van der Waals surface area contributed by atoms with Crippen LogP contribution in [0.15, 0.2) is 305 Å². The third kappa shape index (κ3) is 24.1. The van der Waals surface area contributed by atoms with E-state index in [1.807, 2.05) is 234 Å². The number of nitrogens with one attached hydrogen (secondary N) is 4. The average Bonchev–Trinajstić information content (AvgIpc) is 1.56. The molecule has 23 rings (SSSR count). The summed E-state index contributed by atoms with van der Waals surface area (Å²) in [5, 5.41) is 81.0. The van der Waals surface area contributed by atoms with Crippen molar-refractivity contribution in [3.05, 3.63) is 362 Å². The fourth-order valence-electron chi connectivity index (χ4n) is 18.9. The van der Waals surface area contributed by atoms with Gasteiger partial charge < -0.3 is 60.2 Å². The molecule has 36 nitrogen and oxygen atoms in total. The van der Waals surface area contributed by atoms with Crippen molar-refractivity contribution in [2.45, 2.75) is 89.9 Å². The zero-order valence-corrected chi connectivity index (χ0v) is 83.1. The third-order valence-electron chi connectivity index (χ3n) is 26.8. The minimum atomic E-state index is -0.731. The second-order valence-corrected chi connectivity index (χ2v) is 36.8. The van der Waals surface area contributed by atoms with Crippen molar-refractivity contribution in [3.8, 4) is 92.1 Å². The second kappa shape index (κ2) is 45.7. The van der Waals surface area contributed by atoms with E-state index in [1.165, 1.54) is 5.56 Å². The van der Waals surface area contributed by atoms with Crippen LogP contribution in [0.5, 0.6) is 0 Å². The number of hydrogen-bond acceptors (Lipinski definition) is 32. The largest absolute Gasteiger partial charge is 0.389 e. The van der Waals surface area contributed by atoms with Gasteiger partial charge in [0, 0.05) is 147 Å². The Morgan fingerprint density at radius 2 is 0.673 bits per heavy atom. The van der Waals surface area contributed by atoms with E-state index < -0.39 is 11.4 Å². The number of aromatic nitrogens is 20. The van der Waals surface area contributed by atoms with Gasteiger partial charge in [0.2, 0.25) is 23.8 Å². The van der Waals surface area contributed by atoms with Crippen molar-refractivity contribution < 1.29 is 19.3 Å². The molecular formula is C114H106N32O4. The van der Waals surface area contributed by atoms with E-state index in [1.54, 1.807) is 68.8 Å². The molecule has 0 bridgehead atoms. The predicted octanol–water partition coefficient (Wildman–Crippen LogP) is 18.7. The fourth-order valence-corrected chi connectivity index (χ4v) is 18.9. The lowest BCUT2D eigenvalue weighted by atomic mass is 9.85. The minimum Gasteiger partial charge on any atom is -0.389 e. The maximum absolute atomic E-state index is 11.2. The zero-order valence-electron chi connectivity index (χ0n) is 83.1. The molecule has 13 heterocycles. The number of hydrogen-bond donors (Lipinski definition) is 5. The molecule has 0 amide bonds. The molecule has 5 saturated heterocycles. The van der Waals surface area contributed by atoms with E-state index in [2.05, 4.69) is 184 Å². The van der Waals surface area contributed by atoms with Crippen LogP contribution < -0.4 is 40.9 Å². The Bertz CT molecular complexity index is 7890. The van der Waals surface area contributed by atoms with Gasteiger partial charge in [-0.3, -0.25) is 0 Å². The quantitative estimate of drug-likeness (QED) is 0.0397. The fraction of sp³-hybridized carbons (Fsp3) is 0.228. The molecule has 0 radical (unpaired) electrons. The van der Waals surface area contributed by atoms with Gasteiger partial charge >= 0.3 is 0 Å². The number of piperidine rings is 3. The van der Waals surface area contributed by atoms with Gasteiger partial charge in [0.1, 0.15) is 66.8 Å². The summed E-state index contributed by atoms with van der Waals surface area (Å²) in [6, 6.07) is 92.3. The Hall–Kier alpha value is -18.7. The first kappa shape index (κ1) is 98.7. The summed E-state index contributed by atoms with van der Waals surface area (Å²) >= 11 is 0.